The number of rotatable bonds is 0. The molecular weight excluding hydrogens is 288 g/mol. The van der Waals surface area contributed by atoms with E-state index in [0.29, 0.717) is 0 Å². The van der Waals surface area contributed by atoms with Crippen LogP contribution in [0.3, 0.4) is 0 Å². The van der Waals surface area contributed by atoms with Crippen molar-refractivity contribution in [3.05, 3.63) is 59.7 Å². The van der Waals surface area contributed by atoms with Crippen molar-refractivity contribution in [3.8, 4) is 0 Å². The summed E-state index contributed by atoms with van der Waals surface area (Å²) in [6.07, 6.45) is 0. The summed E-state index contributed by atoms with van der Waals surface area (Å²) in [5, 5.41) is 9.50. The first kappa shape index (κ1) is 10.8. The minimum atomic E-state index is 0.912. The smallest absolute Gasteiger partial charge is 0.179 e. The molecular formula is C14H8N4S2. The van der Waals surface area contributed by atoms with Gasteiger partial charge in [0.2, 0.25) is 0 Å². The lowest BCUT2D eigenvalue weighted by Gasteiger charge is -2.21. The Hall–Kier alpha value is -1.92. The summed E-state index contributed by atoms with van der Waals surface area (Å²) in [7, 11) is 0. The minimum Gasteiger partial charge on any atom is -0.179 e. The maximum Gasteiger partial charge on any atom is 0.190 e. The van der Waals surface area contributed by atoms with E-state index < -0.39 is 0 Å². The van der Waals surface area contributed by atoms with Gasteiger partial charge in [-0.2, -0.15) is 8.83 Å². The monoisotopic (exact) mass is 296 g/mol. The standard InChI is InChI=1S/C14H8N4S2/c1-3-7-11-9(5-1)13-15-18-14(16-17(13)19-11)10-6-2-4-8-12(10)20-18/h1-8H. The molecule has 2 aromatic carbocycles. The summed E-state index contributed by atoms with van der Waals surface area (Å²) >= 11 is 3.25. The molecule has 0 bridgehead atoms. The van der Waals surface area contributed by atoms with Crippen molar-refractivity contribution < 1.29 is 0 Å². The highest BCUT2D eigenvalue weighted by Gasteiger charge is 2.37. The second kappa shape index (κ2) is 3.80. The molecule has 0 unspecified atom stereocenters. The van der Waals surface area contributed by atoms with E-state index in [1.54, 1.807) is 23.9 Å². The number of hydrogen-bond acceptors (Lipinski definition) is 6. The molecule has 0 fully saturated rings. The third kappa shape index (κ3) is 1.35. The van der Waals surface area contributed by atoms with Gasteiger partial charge in [0.15, 0.2) is 11.7 Å². The highest BCUT2D eigenvalue weighted by atomic mass is 32.2. The predicted molar refractivity (Wildman–Crippen MR) is 81.4 cm³/mol. The Bertz CT molecular complexity index is 732. The van der Waals surface area contributed by atoms with Crippen LogP contribution >= 0.6 is 23.9 Å². The van der Waals surface area contributed by atoms with Crippen LogP contribution in [0.4, 0.5) is 0 Å². The van der Waals surface area contributed by atoms with Crippen LogP contribution < -0.4 is 0 Å². The average Bonchev–Trinajstić information content (AvgIpc) is 3.02. The van der Waals surface area contributed by atoms with E-state index in [0.717, 1.165) is 22.8 Å². The molecule has 20 heavy (non-hydrogen) atoms. The van der Waals surface area contributed by atoms with Gasteiger partial charge < -0.3 is 0 Å². The molecule has 0 radical (unpaired) electrons. The van der Waals surface area contributed by atoms with Crippen molar-refractivity contribution in [1.29, 1.82) is 0 Å². The zero-order valence-corrected chi connectivity index (χ0v) is 11.9. The molecule has 96 valence electrons. The third-order valence-corrected chi connectivity index (χ3v) is 5.32. The van der Waals surface area contributed by atoms with E-state index in [1.165, 1.54) is 9.79 Å². The lowest BCUT2D eigenvalue weighted by molar-refractivity contribution is 0.623. The minimum absolute atomic E-state index is 0.912. The molecule has 3 aliphatic heterocycles. The molecule has 0 atom stereocenters. The van der Waals surface area contributed by atoms with Crippen LogP contribution in [0, 0.1) is 0 Å². The Morgan fingerprint density at radius 3 is 1.60 bits per heavy atom. The number of hydrazone groups is 2. The zero-order valence-electron chi connectivity index (χ0n) is 10.2. The number of nitrogens with zero attached hydrogens (tertiary/aromatic N) is 4. The van der Waals surface area contributed by atoms with Gasteiger partial charge >= 0.3 is 0 Å². The molecule has 3 aliphatic rings. The molecule has 0 spiro atoms. The third-order valence-electron chi connectivity index (χ3n) is 3.36. The van der Waals surface area contributed by atoms with Gasteiger partial charge in [0.1, 0.15) is 0 Å². The number of hydrogen-bond donors (Lipinski definition) is 0. The summed E-state index contributed by atoms with van der Waals surface area (Å²) in [6, 6.07) is 16.6. The number of benzene rings is 2. The van der Waals surface area contributed by atoms with Gasteiger partial charge in [-0.05, 0) is 24.3 Å². The van der Waals surface area contributed by atoms with Crippen LogP contribution in [-0.2, 0) is 0 Å². The zero-order chi connectivity index (χ0) is 13.1. The summed E-state index contributed by atoms with van der Waals surface area (Å²) in [4.78, 5) is 2.41. The van der Waals surface area contributed by atoms with E-state index in [4.69, 9.17) is 10.2 Å². The molecule has 3 heterocycles. The Balaban J connectivity index is 1.66. The second-order valence-corrected chi connectivity index (χ2v) is 6.50. The van der Waals surface area contributed by atoms with Crippen LogP contribution in [0.1, 0.15) is 11.1 Å². The van der Waals surface area contributed by atoms with Crippen molar-refractivity contribution in [2.24, 2.45) is 10.2 Å². The summed E-state index contributed by atoms with van der Waals surface area (Å²) in [5.74, 6) is 1.82. The quantitative estimate of drug-likeness (QED) is 0.698. The van der Waals surface area contributed by atoms with Gasteiger partial charge in [0.05, 0.1) is 0 Å². The molecule has 2 aromatic rings. The molecule has 5 rings (SSSR count). The van der Waals surface area contributed by atoms with E-state index in [1.807, 2.05) is 33.1 Å². The number of fused-ring (bicyclic) bond motifs is 6. The Labute approximate surface area is 124 Å². The second-order valence-electron chi connectivity index (χ2n) is 4.57. The average molecular weight is 296 g/mol. The van der Waals surface area contributed by atoms with Gasteiger partial charge in [0.25, 0.3) is 0 Å². The van der Waals surface area contributed by atoms with Crippen LogP contribution in [0.2, 0.25) is 0 Å². The first-order valence-corrected chi connectivity index (χ1v) is 7.77. The summed E-state index contributed by atoms with van der Waals surface area (Å²) in [5.41, 5.74) is 2.30. The van der Waals surface area contributed by atoms with E-state index in [2.05, 4.69) is 24.3 Å². The fraction of sp³-hybridized carbons (Fsp3) is 0. The largest absolute Gasteiger partial charge is 0.190 e. The van der Waals surface area contributed by atoms with Gasteiger partial charge in [-0.25, -0.2) is 0 Å². The number of amidine groups is 2. The van der Waals surface area contributed by atoms with Crippen molar-refractivity contribution in [2.45, 2.75) is 9.79 Å². The Morgan fingerprint density at radius 2 is 1.10 bits per heavy atom. The topological polar surface area (TPSA) is 31.2 Å². The molecule has 6 heteroatoms. The van der Waals surface area contributed by atoms with Crippen LogP contribution in [0.15, 0.2) is 68.5 Å². The Morgan fingerprint density at radius 1 is 0.650 bits per heavy atom. The lowest BCUT2D eigenvalue weighted by atomic mass is 10.2. The molecule has 0 amide bonds. The van der Waals surface area contributed by atoms with Crippen molar-refractivity contribution in [2.75, 3.05) is 0 Å². The first-order valence-electron chi connectivity index (χ1n) is 6.22. The van der Waals surface area contributed by atoms with Crippen LogP contribution in [0.5, 0.6) is 0 Å². The molecule has 0 saturated carbocycles. The molecule has 0 aromatic heterocycles. The van der Waals surface area contributed by atoms with Gasteiger partial charge in [0, 0.05) is 44.8 Å². The van der Waals surface area contributed by atoms with Crippen molar-refractivity contribution in [3.63, 3.8) is 0 Å². The van der Waals surface area contributed by atoms with Crippen LogP contribution in [-0.4, -0.2) is 20.5 Å². The molecule has 4 nitrogen and oxygen atoms in total. The lowest BCUT2D eigenvalue weighted by Crippen LogP contribution is -2.29. The van der Waals surface area contributed by atoms with E-state index >= 15 is 0 Å². The van der Waals surface area contributed by atoms with Crippen molar-refractivity contribution in [1.82, 2.24) is 8.83 Å². The predicted octanol–water partition coefficient (Wildman–Crippen LogP) is 3.37. The van der Waals surface area contributed by atoms with Crippen molar-refractivity contribution >= 4 is 35.6 Å². The summed E-state index contributed by atoms with van der Waals surface area (Å²) < 4.78 is 3.83. The van der Waals surface area contributed by atoms with Gasteiger partial charge in [-0.3, -0.25) is 0 Å². The Kier molecular flexibility index (Phi) is 2.06. The summed E-state index contributed by atoms with van der Waals surface area (Å²) in [6.45, 7) is 0. The van der Waals surface area contributed by atoms with Gasteiger partial charge in [-0.15, -0.1) is 10.2 Å². The fourth-order valence-electron chi connectivity index (χ4n) is 2.43. The maximum atomic E-state index is 4.75. The highest BCUT2D eigenvalue weighted by Crippen LogP contribution is 2.43. The van der Waals surface area contributed by atoms with E-state index in [9.17, 15) is 0 Å². The fourth-order valence-corrected chi connectivity index (χ4v) is 4.28. The first-order chi connectivity index (χ1) is 9.90. The SMILES string of the molecule is c1ccc2c(c1)SN1N=C3c4ccccc4SN3N=C21. The molecule has 0 saturated heterocycles. The maximum absolute atomic E-state index is 4.75. The van der Waals surface area contributed by atoms with Crippen LogP contribution in [0.25, 0.3) is 0 Å². The highest BCUT2D eigenvalue weighted by molar-refractivity contribution is 7.98. The molecule has 0 aliphatic carbocycles. The normalized spacial score (nSPS) is 18.0. The van der Waals surface area contributed by atoms with Gasteiger partial charge in [-0.1, -0.05) is 24.3 Å². The van der Waals surface area contributed by atoms with E-state index in [-0.39, 0.29) is 0 Å². The molecule has 0 N–H and O–H groups in total.